The predicted octanol–water partition coefficient (Wildman–Crippen LogP) is 1.66. The number of halogens is 2. The highest BCUT2D eigenvalue weighted by Gasteiger charge is 2.25. The van der Waals surface area contributed by atoms with Crippen molar-refractivity contribution in [3.05, 3.63) is 29.3 Å². The van der Waals surface area contributed by atoms with Crippen molar-refractivity contribution < 1.29 is 13.9 Å². The van der Waals surface area contributed by atoms with Crippen LogP contribution in [0, 0.1) is 28.9 Å². The Balaban J connectivity index is 2.29. The molecule has 0 aliphatic carbocycles. The minimum Gasteiger partial charge on any atom is -0.396 e. The summed E-state index contributed by atoms with van der Waals surface area (Å²) in [4.78, 5) is 1.69. The normalized spacial score (nSPS) is 19.4. The van der Waals surface area contributed by atoms with Crippen LogP contribution in [-0.2, 0) is 0 Å². The number of benzene rings is 1. The zero-order valence-electron chi connectivity index (χ0n) is 9.16. The quantitative estimate of drug-likeness (QED) is 0.852. The molecule has 1 heterocycles. The van der Waals surface area contributed by atoms with Crippen molar-refractivity contribution in [2.45, 2.75) is 6.42 Å². The molecule has 1 saturated heterocycles. The molecule has 3 nitrogen and oxygen atoms in total. The monoisotopic (exact) mass is 238 g/mol. The Kier molecular flexibility index (Phi) is 3.25. The van der Waals surface area contributed by atoms with Crippen LogP contribution in [0.15, 0.2) is 12.1 Å². The van der Waals surface area contributed by atoms with E-state index in [9.17, 15) is 8.78 Å². The highest BCUT2D eigenvalue weighted by Crippen LogP contribution is 2.28. The highest BCUT2D eigenvalue weighted by atomic mass is 19.2. The van der Waals surface area contributed by atoms with E-state index in [2.05, 4.69) is 0 Å². The molecule has 1 unspecified atom stereocenters. The van der Waals surface area contributed by atoms with Crippen LogP contribution < -0.4 is 4.90 Å². The SMILES string of the molecule is N#Cc1ccc(N2CCC(CO)C2)c(F)c1F. The fraction of sp³-hybridized carbons (Fsp3) is 0.417. The van der Waals surface area contributed by atoms with E-state index in [0.717, 1.165) is 6.42 Å². The topological polar surface area (TPSA) is 47.3 Å². The number of aliphatic hydroxyl groups is 1. The molecule has 5 heteroatoms. The first-order valence-electron chi connectivity index (χ1n) is 5.41. The molecule has 0 aromatic heterocycles. The van der Waals surface area contributed by atoms with Crippen LogP contribution in [0.5, 0.6) is 0 Å². The number of nitrogens with zero attached hydrogens (tertiary/aromatic N) is 2. The zero-order valence-corrected chi connectivity index (χ0v) is 9.16. The molecule has 1 atom stereocenters. The van der Waals surface area contributed by atoms with Gasteiger partial charge in [0.2, 0.25) is 0 Å². The summed E-state index contributed by atoms with van der Waals surface area (Å²) in [5, 5.41) is 17.6. The van der Waals surface area contributed by atoms with Gasteiger partial charge >= 0.3 is 0 Å². The standard InChI is InChI=1S/C12H12F2N2O/c13-11-9(5-15)1-2-10(12(11)14)16-4-3-8(6-16)7-17/h1-2,8,17H,3-4,6-7H2. The smallest absolute Gasteiger partial charge is 0.183 e. The molecule has 1 aromatic rings. The van der Waals surface area contributed by atoms with Crippen molar-refractivity contribution in [3.8, 4) is 6.07 Å². The van der Waals surface area contributed by atoms with Crippen LogP contribution in [0.1, 0.15) is 12.0 Å². The third kappa shape index (κ3) is 2.08. The number of aliphatic hydroxyl groups excluding tert-OH is 1. The molecule has 0 saturated carbocycles. The summed E-state index contributed by atoms with van der Waals surface area (Å²) in [6.45, 7) is 1.16. The third-order valence-corrected chi connectivity index (χ3v) is 3.07. The number of hydrogen-bond acceptors (Lipinski definition) is 3. The molecule has 1 N–H and O–H groups in total. The van der Waals surface area contributed by atoms with E-state index >= 15 is 0 Å². The zero-order chi connectivity index (χ0) is 12.4. The second kappa shape index (κ2) is 4.68. The van der Waals surface area contributed by atoms with E-state index in [-0.39, 0.29) is 23.8 Å². The molecule has 90 valence electrons. The van der Waals surface area contributed by atoms with Crippen LogP contribution in [0.4, 0.5) is 14.5 Å². The molecular formula is C12H12F2N2O. The Hall–Kier alpha value is -1.67. The van der Waals surface area contributed by atoms with Gasteiger partial charge in [-0.2, -0.15) is 5.26 Å². The maximum Gasteiger partial charge on any atom is 0.183 e. The van der Waals surface area contributed by atoms with Crippen molar-refractivity contribution in [2.24, 2.45) is 5.92 Å². The van der Waals surface area contributed by atoms with Gasteiger partial charge < -0.3 is 10.0 Å². The summed E-state index contributed by atoms with van der Waals surface area (Å²) in [6, 6.07) is 4.29. The maximum atomic E-state index is 13.7. The van der Waals surface area contributed by atoms with E-state index in [1.165, 1.54) is 12.1 Å². The van der Waals surface area contributed by atoms with E-state index in [0.29, 0.717) is 13.1 Å². The molecule has 1 aliphatic rings. The molecule has 0 bridgehead atoms. The molecule has 0 radical (unpaired) electrons. The average Bonchev–Trinajstić information content (AvgIpc) is 2.81. The molecule has 1 fully saturated rings. The summed E-state index contributed by atoms with van der Waals surface area (Å²) < 4.78 is 27.1. The molecular weight excluding hydrogens is 226 g/mol. The van der Waals surface area contributed by atoms with Crippen molar-refractivity contribution in [1.82, 2.24) is 0 Å². The van der Waals surface area contributed by atoms with Crippen LogP contribution in [0.3, 0.4) is 0 Å². The van der Waals surface area contributed by atoms with Gasteiger partial charge in [-0.15, -0.1) is 0 Å². The number of nitriles is 1. The largest absolute Gasteiger partial charge is 0.396 e. The average molecular weight is 238 g/mol. The first-order chi connectivity index (χ1) is 8.17. The Morgan fingerprint density at radius 3 is 2.76 bits per heavy atom. The van der Waals surface area contributed by atoms with Gasteiger partial charge in [-0.25, -0.2) is 8.78 Å². The molecule has 0 amide bonds. The third-order valence-electron chi connectivity index (χ3n) is 3.07. The van der Waals surface area contributed by atoms with Gasteiger partial charge in [0, 0.05) is 25.6 Å². The van der Waals surface area contributed by atoms with Gasteiger partial charge in [-0.3, -0.25) is 0 Å². The molecule has 2 rings (SSSR count). The highest BCUT2D eigenvalue weighted by molar-refractivity contribution is 5.52. The second-order valence-corrected chi connectivity index (χ2v) is 4.16. The lowest BCUT2D eigenvalue weighted by atomic mass is 10.1. The Morgan fingerprint density at radius 2 is 2.18 bits per heavy atom. The maximum absolute atomic E-state index is 13.7. The summed E-state index contributed by atoms with van der Waals surface area (Å²) >= 11 is 0. The van der Waals surface area contributed by atoms with Crippen molar-refractivity contribution in [3.63, 3.8) is 0 Å². The lowest BCUT2D eigenvalue weighted by Gasteiger charge is -2.19. The fourth-order valence-electron chi connectivity index (χ4n) is 2.07. The van der Waals surface area contributed by atoms with Gasteiger partial charge in [0.05, 0.1) is 11.3 Å². The van der Waals surface area contributed by atoms with Gasteiger partial charge in [0.15, 0.2) is 11.6 Å². The lowest BCUT2D eigenvalue weighted by molar-refractivity contribution is 0.238. The lowest BCUT2D eigenvalue weighted by Crippen LogP contribution is -2.22. The van der Waals surface area contributed by atoms with Crippen molar-refractivity contribution in [2.75, 3.05) is 24.6 Å². The van der Waals surface area contributed by atoms with Crippen molar-refractivity contribution >= 4 is 5.69 Å². The summed E-state index contributed by atoms with van der Waals surface area (Å²) in [7, 11) is 0. The first kappa shape index (κ1) is 11.8. The van der Waals surface area contributed by atoms with E-state index in [4.69, 9.17) is 10.4 Å². The van der Waals surface area contributed by atoms with Crippen LogP contribution in [0.2, 0.25) is 0 Å². The van der Waals surface area contributed by atoms with Gasteiger partial charge in [0.25, 0.3) is 0 Å². The molecule has 1 aromatic carbocycles. The number of anilines is 1. The second-order valence-electron chi connectivity index (χ2n) is 4.16. The Labute approximate surface area is 97.9 Å². The Bertz CT molecular complexity index is 470. The number of rotatable bonds is 2. The number of hydrogen-bond donors (Lipinski definition) is 1. The van der Waals surface area contributed by atoms with E-state index < -0.39 is 11.6 Å². The summed E-state index contributed by atoms with van der Waals surface area (Å²) in [6.07, 6.45) is 0.761. The summed E-state index contributed by atoms with van der Waals surface area (Å²) in [5.41, 5.74) is -0.124. The van der Waals surface area contributed by atoms with Gasteiger partial charge in [-0.05, 0) is 18.6 Å². The van der Waals surface area contributed by atoms with Crippen molar-refractivity contribution in [1.29, 1.82) is 5.26 Å². The van der Waals surface area contributed by atoms with E-state index in [1.54, 1.807) is 11.0 Å². The minimum atomic E-state index is -1.10. The van der Waals surface area contributed by atoms with Gasteiger partial charge in [0.1, 0.15) is 6.07 Å². The molecule has 0 spiro atoms. The first-order valence-corrected chi connectivity index (χ1v) is 5.41. The Morgan fingerprint density at radius 1 is 1.41 bits per heavy atom. The van der Waals surface area contributed by atoms with Gasteiger partial charge in [-0.1, -0.05) is 0 Å². The molecule has 1 aliphatic heterocycles. The predicted molar refractivity (Wildman–Crippen MR) is 58.5 cm³/mol. The van der Waals surface area contributed by atoms with Crippen LogP contribution in [-0.4, -0.2) is 24.8 Å². The molecule has 17 heavy (non-hydrogen) atoms. The fourth-order valence-corrected chi connectivity index (χ4v) is 2.07. The van der Waals surface area contributed by atoms with Crippen LogP contribution in [0.25, 0.3) is 0 Å². The van der Waals surface area contributed by atoms with E-state index in [1.807, 2.05) is 0 Å². The van der Waals surface area contributed by atoms with Crippen LogP contribution >= 0.6 is 0 Å². The minimum absolute atomic E-state index is 0.0525. The summed E-state index contributed by atoms with van der Waals surface area (Å²) in [5.74, 6) is -1.98.